The van der Waals surface area contributed by atoms with Crippen molar-refractivity contribution >= 4 is 35.1 Å². The molecule has 2 aliphatic rings. The number of hydrazine groups is 1. The van der Waals surface area contributed by atoms with Crippen LogP contribution < -0.4 is 0 Å². The Bertz CT molecular complexity index is 1020. The number of fused-ring (bicyclic) bond motifs is 1. The van der Waals surface area contributed by atoms with E-state index in [1.54, 1.807) is 42.5 Å². The van der Waals surface area contributed by atoms with Crippen LogP contribution in [0.15, 0.2) is 54.6 Å². The van der Waals surface area contributed by atoms with Crippen LogP contribution >= 0.6 is 11.6 Å². The minimum atomic E-state index is -0.589. The molecule has 1 aliphatic carbocycles. The van der Waals surface area contributed by atoms with E-state index in [9.17, 15) is 19.2 Å². The van der Waals surface area contributed by atoms with E-state index in [1.165, 1.54) is 12.1 Å². The minimum absolute atomic E-state index is 0.245. The number of carbonyl (C=O) groups excluding carboxylic acids is 4. The summed E-state index contributed by atoms with van der Waals surface area (Å²) in [5.41, 5.74) is 0.649. The van der Waals surface area contributed by atoms with Crippen LogP contribution in [0.1, 0.15) is 46.9 Å². The van der Waals surface area contributed by atoms with Crippen molar-refractivity contribution in [3.63, 3.8) is 0 Å². The summed E-state index contributed by atoms with van der Waals surface area (Å²) in [6.07, 6.45) is 2.09. The number of carbonyl (C=O) groups is 4. The zero-order valence-corrected chi connectivity index (χ0v) is 17.9. The maximum absolute atomic E-state index is 13.4. The molecule has 0 radical (unpaired) electrons. The fraction of sp³-hybridized carbons (Fsp3) is 0.333. The molecule has 1 heterocycles. The molecule has 160 valence electrons. The maximum atomic E-state index is 13.4. The summed E-state index contributed by atoms with van der Waals surface area (Å²) >= 11 is 5.93. The molecule has 4 rings (SSSR count). The third-order valence-corrected chi connectivity index (χ3v) is 6.37. The molecule has 1 saturated carbocycles. The number of Topliss-reactive ketones (excluding diaryl/α,β-unsaturated/α-hetero) is 1. The van der Waals surface area contributed by atoms with E-state index in [2.05, 4.69) is 6.92 Å². The third-order valence-electron chi connectivity index (χ3n) is 6.12. The molecule has 0 unspecified atom stereocenters. The molecule has 31 heavy (non-hydrogen) atoms. The summed E-state index contributed by atoms with van der Waals surface area (Å²) in [7, 11) is 0. The quantitative estimate of drug-likeness (QED) is 0.522. The number of nitrogens with zero attached hydrogens (tertiary/aromatic N) is 2. The lowest BCUT2D eigenvalue weighted by atomic mass is 9.76. The maximum Gasteiger partial charge on any atom is 0.273 e. The highest BCUT2D eigenvalue weighted by Gasteiger charge is 2.52. The smallest absolute Gasteiger partial charge is 0.273 e. The summed E-state index contributed by atoms with van der Waals surface area (Å²) in [6.45, 7) is 1.66. The molecule has 7 heteroatoms. The second-order valence-corrected chi connectivity index (χ2v) is 8.71. The van der Waals surface area contributed by atoms with Gasteiger partial charge in [-0.15, -0.1) is 0 Å². The Hall–Kier alpha value is -2.99. The van der Waals surface area contributed by atoms with Crippen molar-refractivity contribution in [3.05, 3.63) is 70.7 Å². The lowest BCUT2D eigenvalue weighted by molar-refractivity contribution is -0.154. The molecule has 2 fully saturated rings. The van der Waals surface area contributed by atoms with E-state index in [-0.39, 0.29) is 11.3 Å². The Morgan fingerprint density at radius 3 is 2.26 bits per heavy atom. The van der Waals surface area contributed by atoms with E-state index in [0.29, 0.717) is 29.3 Å². The molecule has 2 aromatic rings. The molecule has 1 aliphatic heterocycles. The number of hydrogen-bond acceptors (Lipinski definition) is 4. The lowest BCUT2D eigenvalue weighted by Gasteiger charge is -2.30. The SMILES string of the molecule is C[C@@H]1CC[C@@H]2C(=O)N(N(CC(=O)c3ccccc3)C(=O)c3ccc(Cl)cc3)C(=O)[C@H]2C1. The van der Waals surface area contributed by atoms with Gasteiger partial charge in [-0.1, -0.05) is 48.9 Å². The van der Waals surface area contributed by atoms with E-state index in [0.717, 1.165) is 16.4 Å². The molecule has 0 N–H and O–H groups in total. The standard InChI is InChI=1S/C24H23ClN2O4/c1-15-7-12-19-20(13-15)24(31)27(23(19)30)26(14-21(28)16-5-3-2-4-6-16)22(29)17-8-10-18(25)11-9-17/h2-6,8-11,15,19-20H,7,12-14H2,1H3/t15-,19+,20+/m1/s1. The molecular formula is C24H23ClN2O4. The lowest BCUT2D eigenvalue weighted by Crippen LogP contribution is -2.52. The Morgan fingerprint density at radius 1 is 0.935 bits per heavy atom. The summed E-state index contributed by atoms with van der Waals surface area (Å²) < 4.78 is 0. The topological polar surface area (TPSA) is 74.8 Å². The summed E-state index contributed by atoms with van der Waals surface area (Å²) in [5.74, 6) is -2.28. The molecule has 0 bridgehead atoms. The number of rotatable bonds is 5. The van der Waals surface area contributed by atoms with Crippen molar-refractivity contribution in [2.75, 3.05) is 6.54 Å². The molecule has 6 nitrogen and oxygen atoms in total. The van der Waals surface area contributed by atoms with Gasteiger partial charge < -0.3 is 0 Å². The normalized spacial score (nSPS) is 22.9. The molecule has 2 aromatic carbocycles. The fourth-order valence-corrected chi connectivity index (χ4v) is 4.56. The van der Waals surface area contributed by atoms with Gasteiger partial charge in [-0.25, -0.2) is 5.01 Å². The first kappa shape index (κ1) is 21.2. The van der Waals surface area contributed by atoms with Crippen LogP contribution in [0.5, 0.6) is 0 Å². The van der Waals surface area contributed by atoms with E-state index < -0.39 is 36.1 Å². The number of imide groups is 1. The monoisotopic (exact) mass is 438 g/mol. The van der Waals surface area contributed by atoms with Crippen molar-refractivity contribution in [2.24, 2.45) is 17.8 Å². The second kappa shape index (κ2) is 8.63. The van der Waals surface area contributed by atoms with Crippen LogP contribution in [-0.4, -0.2) is 40.1 Å². The number of ketones is 1. The van der Waals surface area contributed by atoms with Crippen LogP contribution in [0.4, 0.5) is 0 Å². The van der Waals surface area contributed by atoms with Gasteiger partial charge in [0.15, 0.2) is 5.78 Å². The van der Waals surface area contributed by atoms with Gasteiger partial charge in [0.2, 0.25) is 0 Å². The number of hydrogen-bond donors (Lipinski definition) is 0. The Morgan fingerprint density at radius 2 is 1.58 bits per heavy atom. The van der Waals surface area contributed by atoms with Crippen molar-refractivity contribution in [1.29, 1.82) is 0 Å². The van der Waals surface area contributed by atoms with Crippen molar-refractivity contribution in [2.45, 2.75) is 26.2 Å². The third kappa shape index (κ3) is 4.12. The average Bonchev–Trinajstić information content (AvgIpc) is 3.02. The molecular weight excluding hydrogens is 416 g/mol. The predicted molar refractivity (Wildman–Crippen MR) is 115 cm³/mol. The summed E-state index contributed by atoms with van der Waals surface area (Å²) in [5, 5.41) is 2.38. The van der Waals surface area contributed by atoms with Crippen molar-refractivity contribution in [3.8, 4) is 0 Å². The van der Waals surface area contributed by atoms with Gasteiger partial charge in [0.1, 0.15) is 6.54 Å². The molecule has 1 saturated heterocycles. The van der Waals surface area contributed by atoms with Crippen LogP contribution in [0.3, 0.4) is 0 Å². The Labute approximate surface area is 185 Å². The largest absolute Gasteiger partial charge is 0.292 e. The van der Waals surface area contributed by atoms with Gasteiger partial charge in [-0.2, -0.15) is 5.01 Å². The van der Waals surface area contributed by atoms with Crippen molar-refractivity contribution < 1.29 is 19.2 Å². The first-order chi connectivity index (χ1) is 14.9. The molecule has 0 spiro atoms. The molecule has 0 aromatic heterocycles. The van der Waals surface area contributed by atoms with Crippen LogP contribution in [0.2, 0.25) is 5.02 Å². The van der Waals surface area contributed by atoms with Crippen molar-refractivity contribution in [1.82, 2.24) is 10.0 Å². The second-order valence-electron chi connectivity index (χ2n) is 8.28. The first-order valence-corrected chi connectivity index (χ1v) is 10.8. The highest BCUT2D eigenvalue weighted by Crippen LogP contribution is 2.41. The molecule has 3 amide bonds. The van der Waals surface area contributed by atoms with Crippen LogP contribution in [-0.2, 0) is 9.59 Å². The van der Waals surface area contributed by atoms with Gasteiger partial charge >= 0.3 is 0 Å². The average molecular weight is 439 g/mol. The van der Waals surface area contributed by atoms with E-state index in [4.69, 9.17) is 11.6 Å². The fourth-order valence-electron chi connectivity index (χ4n) is 4.44. The Balaban J connectivity index is 1.68. The van der Waals surface area contributed by atoms with Gasteiger partial charge in [0.25, 0.3) is 17.7 Å². The molecule has 3 atom stereocenters. The number of amides is 3. The van der Waals surface area contributed by atoms with Gasteiger partial charge in [0, 0.05) is 16.1 Å². The summed E-state index contributed by atoms with van der Waals surface area (Å²) in [4.78, 5) is 52.7. The van der Waals surface area contributed by atoms with Crippen LogP contribution in [0, 0.1) is 17.8 Å². The zero-order chi connectivity index (χ0) is 22.1. The van der Waals surface area contributed by atoms with E-state index in [1.807, 2.05) is 0 Å². The first-order valence-electron chi connectivity index (χ1n) is 10.4. The highest BCUT2D eigenvalue weighted by atomic mass is 35.5. The van der Waals surface area contributed by atoms with Gasteiger partial charge in [0.05, 0.1) is 11.8 Å². The Kier molecular flexibility index (Phi) is 5.92. The van der Waals surface area contributed by atoms with Gasteiger partial charge in [-0.3, -0.25) is 19.2 Å². The zero-order valence-electron chi connectivity index (χ0n) is 17.2. The summed E-state index contributed by atoms with van der Waals surface area (Å²) in [6, 6.07) is 14.7. The number of benzene rings is 2. The highest BCUT2D eigenvalue weighted by molar-refractivity contribution is 6.30. The number of halogens is 1. The predicted octanol–water partition coefficient (Wildman–Crippen LogP) is 4.00. The van der Waals surface area contributed by atoms with Crippen LogP contribution in [0.25, 0.3) is 0 Å². The van der Waals surface area contributed by atoms with Gasteiger partial charge in [-0.05, 0) is 49.4 Å². The van der Waals surface area contributed by atoms with E-state index >= 15 is 0 Å². The minimum Gasteiger partial charge on any atom is -0.292 e.